The maximum Gasteiger partial charge on any atom is 0.299 e. The van der Waals surface area contributed by atoms with Crippen LogP contribution in [0.25, 0.3) is 11.4 Å². The van der Waals surface area contributed by atoms with Crippen molar-refractivity contribution < 1.29 is 37.4 Å². The van der Waals surface area contributed by atoms with Crippen molar-refractivity contribution in [1.82, 2.24) is 24.6 Å². The zero-order valence-electron chi connectivity index (χ0n) is 25.0. The predicted molar refractivity (Wildman–Crippen MR) is 163 cm³/mol. The second kappa shape index (κ2) is 14.1. The number of nitrogens with zero attached hydrogens (tertiary/aromatic N) is 7. The summed E-state index contributed by atoms with van der Waals surface area (Å²) in [5.41, 5.74) is 12.6. The van der Waals surface area contributed by atoms with E-state index in [0.29, 0.717) is 22.9 Å². The van der Waals surface area contributed by atoms with Gasteiger partial charge < -0.3 is 20.9 Å². The number of hydrogen-bond acceptors (Lipinski definition) is 11. The lowest BCUT2D eigenvalue weighted by Crippen LogP contribution is -2.26. The van der Waals surface area contributed by atoms with Crippen LogP contribution in [0.1, 0.15) is 37.7 Å². The summed E-state index contributed by atoms with van der Waals surface area (Å²) in [4.78, 5) is 29.7. The smallest absolute Gasteiger partial charge is 0.299 e. The van der Waals surface area contributed by atoms with E-state index in [4.69, 9.17) is 31.0 Å². The highest BCUT2D eigenvalue weighted by Crippen LogP contribution is 2.33. The fourth-order valence-corrected chi connectivity index (χ4v) is 4.36. The van der Waals surface area contributed by atoms with Gasteiger partial charge in [0.1, 0.15) is 46.5 Å². The topological polar surface area (TPSA) is 200 Å². The number of nitriles is 2. The first kappa shape index (κ1) is 34.0. The average Bonchev–Trinajstić information content (AvgIpc) is 3.79. The van der Waals surface area contributed by atoms with Crippen LogP contribution in [0.2, 0.25) is 0 Å². The molecule has 0 atom stereocenters. The SMILES string of the molecule is CON(C)C(=O)c1nn(-c2ccc(F)cc2)c(N)c1C#N.F.N#Cc1c(C(=O)c2ccc3c(c2)OCO3)nn(-c2ccc(F)cc2)c1N. The quantitative estimate of drug-likeness (QED) is 0.199. The molecule has 244 valence electrons. The summed E-state index contributed by atoms with van der Waals surface area (Å²) in [6, 6.07) is 19.2. The van der Waals surface area contributed by atoms with Crippen molar-refractivity contribution in [2.45, 2.75) is 0 Å². The third-order valence-electron chi connectivity index (χ3n) is 6.82. The third-order valence-corrected chi connectivity index (χ3v) is 6.82. The second-order valence-corrected chi connectivity index (χ2v) is 9.60. The number of anilines is 2. The molecule has 14 nitrogen and oxygen atoms in total. The molecule has 0 spiro atoms. The number of nitrogens with two attached hydrogens (primary N) is 2. The summed E-state index contributed by atoms with van der Waals surface area (Å²) in [5.74, 6) is -0.940. The molecule has 0 saturated carbocycles. The van der Waals surface area contributed by atoms with E-state index < -0.39 is 23.3 Å². The van der Waals surface area contributed by atoms with E-state index >= 15 is 0 Å². The van der Waals surface area contributed by atoms with E-state index in [1.807, 2.05) is 12.1 Å². The van der Waals surface area contributed by atoms with E-state index in [1.54, 1.807) is 12.1 Å². The molecule has 2 aromatic heterocycles. The van der Waals surface area contributed by atoms with Crippen molar-refractivity contribution in [2.75, 3.05) is 32.4 Å². The monoisotopic (exact) mass is 659 g/mol. The van der Waals surface area contributed by atoms with Gasteiger partial charge in [-0.2, -0.15) is 20.7 Å². The Balaban J connectivity index is 0.000000218. The lowest BCUT2D eigenvalue weighted by Gasteiger charge is -2.11. The molecule has 6 rings (SSSR count). The first-order valence-corrected chi connectivity index (χ1v) is 13.4. The van der Waals surface area contributed by atoms with Gasteiger partial charge in [0.25, 0.3) is 5.91 Å². The number of nitrogen functional groups attached to an aromatic ring is 2. The molecule has 1 aliphatic heterocycles. The number of ketones is 1. The van der Waals surface area contributed by atoms with Crippen LogP contribution in [0.3, 0.4) is 0 Å². The number of aromatic nitrogens is 4. The highest BCUT2D eigenvalue weighted by molar-refractivity contribution is 6.10. The Morgan fingerprint density at radius 3 is 1.81 bits per heavy atom. The lowest BCUT2D eigenvalue weighted by molar-refractivity contribution is -0.0760. The van der Waals surface area contributed by atoms with Gasteiger partial charge in [0.2, 0.25) is 12.6 Å². The van der Waals surface area contributed by atoms with Crippen molar-refractivity contribution >= 4 is 23.3 Å². The molecular formula is C31H24F3N9O5. The summed E-state index contributed by atoms with van der Waals surface area (Å²) in [7, 11) is 2.70. The maximum atomic E-state index is 13.1. The molecule has 17 heteroatoms. The summed E-state index contributed by atoms with van der Waals surface area (Å²) in [6.45, 7) is 0.0859. The number of halogens is 3. The molecule has 4 N–H and O–H groups in total. The largest absolute Gasteiger partial charge is 0.454 e. The number of carbonyl (C=O) groups is 2. The molecule has 48 heavy (non-hydrogen) atoms. The molecule has 3 heterocycles. The highest BCUT2D eigenvalue weighted by Gasteiger charge is 2.26. The van der Waals surface area contributed by atoms with Crippen molar-refractivity contribution in [3.8, 4) is 35.0 Å². The average molecular weight is 660 g/mol. The Hall–Kier alpha value is -6.85. The van der Waals surface area contributed by atoms with Crippen molar-refractivity contribution in [3.63, 3.8) is 0 Å². The van der Waals surface area contributed by atoms with Crippen LogP contribution >= 0.6 is 0 Å². The number of ether oxygens (including phenoxy) is 2. The minimum Gasteiger partial charge on any atom is -0.454 e. The van der Waals surface area contributed by atoms with E-state index in [0.717, 1.165) is 5.06 Å². The van der Waals surface area contributed by atoms with Gasteiger partial charge in [-0.1, -0.05) is 0 Å². The standard InChI is InChI=1S/C18H11FN4O3.C13H12FN5O2.FH/c19-11-2-4-12(5-3-11)23-18(21)13(8-20)16(22-23)17(24)10-1-6-14-15(7-10)26-9-25-14;1-18(21-2)13(20)11-10(7-15)12(16)19(17-11)9-5-3-8(14)4-6-9;/h1-7H,9,21H2;3-6H,16H2,1-2H3;1H. The number of carbonyl (C=O) groups excluding carboxylic acids is 2. The fraction of sp³-hybridized carbons (Fsp3) is 0.0968. The number of amides is 1. The molecule has 0 fully saturated rings. The minimum absolute atomic E-state index is 0. The van der Waals surface area contributed by atoms with Crippen LogP contribution in [-0.2, 0) is 4.84 Å². The van der Waals surface area contributed by atoms with E-state index in [2.05, 4.69) is 10.2 Å². The molecule has 3 aromatic carbocycles. The van der Waals surface area contributed by atoms with Crippen molar-refractivity contribution in [3.05, 3.63) is 106 Å². The van der Waals surface area contributed by atoms with Crippen LogP contribution < -0.4 is 20.9 Å². The summed E-state index contributed by atoms with van der Waals surface area (Å²) in [5, 5.41) is 27.7. The van der Waals surface area contributed by atoms with Gasteiger partial charge >= 0.3 is 0 Å². The predicted octanol–water partition coefficient (Wildman–Crippen LogP) is 3.68. The second-order valence-electron chi connectivity index (χ2n) is 9.60. The molecule has 0 aliphatic carbocycles. The Morgan fingerprint density at radius 2 is 1.31 bits per heavy atom. The summed E-state index contributed by atoms with van der Waals surface area (Å²) >= 11 is 0. The van der Waals surface area contributed by atoms with Gasteiger partial charge in [-0.25, -0.2) is 23.2 Å². The normalized spacial score (nSPS) is 11.0. The van der Waals surface area contributed by atoms with Crippen LogP contribution in [0, 0.1) is 34.3 Å². The van der Waals surface area contributed by atoms with Crippen LogP contribution in [0.15, 0.2) is 66.7 Å². The Kier molecular flexibility index (Phi) is 9.97. The number of rotatable bonds is 6. The lowest BCUT2D eigenvalue weighted by atomic mass is 10.0. The van der Waals surface area contributed by atoms with Gasteiger partial charge in [0, 0.05) is 12.6 Å². The fourth-order valence-electron chi connectivity index (χ4n) is 4.36. The van der Waals surface area contributed by atoms with Gasteiger partial charge in [0.05, 0.1) is 18.5 Å². The van der Waals surface area contributed by atoms with Crippen molar-refractivity contribution in [2.24, 2.45) is 0 Å². The first-order valence-electron chi connectivity index (χ1n) is 13.4. The van der Waals surface area contributed by atoms with Crippen LogP contribution in [-0.4, -0.2) is 57.3 Å². The summed E-state index contributed by atoms with van der Waals surface area (Å²) < 4.78 is 39.0. The minimum atomic E-state index is -0.610. The van der Waals surface area contributed by atoms with E-state index in [-0.39, 0.29) is 51.2 Å². The van der Waals surface area contributed by atoms with Gasteiger partial charge in [-0.15, -0.1) is 0 Å². The first-order chi connectivity index (χ1) is 22.6. The maximum absolute atomic E-state index is 13.1. The Morgan fingerprint density at radius 1 is 0.833 bits per heavy atom. The van der Waals surface area contributed by atoms with Gasteiger partial charge in [-0.3, -0.25) is 19.1 Å². The molecule has 1 amide bonds. The number of benzene rings is 3. The van der Waals surface area contributed by atoms with Gasteiger partial charge in [-0.05, 0) is 66.7 Å². The zero-order chi connectivity index (χ0) is 33.8. The number of hydroxylamine groups is 2. The molecule has 0 unspecified atom stereocenters. The molecule has 0 radical (unpaired) electrons. The van der Waals surface area contributed by atoms with Crippen LogP contribution in [0.5, 0.6) is 11.5 Å². The highest BCUT2D eigenvalue weighted by atomic mass is 19.1. The molecule has 0 bridgehead atoms. The van der Waals surface area contributed by atoms with Crippen molar-refractivity contribution in [1.29, 1.82) is 10.5 Å². The molecule has 0 saturated heterocycles. The number of hydrogen-bond donors (Lipinski definition) is 2. The van der Waals surface area contributed by atoms with E-state index in [9.17, 15) is 23.6 Å². The molecule has 5 aromatic rings. The Labute approximate surface area is 269 Å². The van der Waals surface area contributed by atoms with E-state index in [1.165, 1.54) is 78.1 Å². The number of fused-ring (bicyclic) bond motifs is 1. The van der Waals surface area contributed by atoms with Crippen LogP contribution in [0.4, 0.5) is 25.1 Å². The molecule has 1 aliphatic rings. The third kappa shape index (κ3) is 6.43. The zero-order valence-corrected chi connectivity index (χ0v) is 25.0. The Bertz CT molecular complexity index is 2080. The van der Waals surface area contributed by atoms with Gasteiger partial charge in [0.15, 0.2) is 22.9 Å². The summed E-state index contributed by atoms with van der Waals surface area (Å²) in [6.07, 6.45) is 0. The molecular weight excluding hydrogens is 635 g/mol.